The van der Waals surface area contributed by atoms with E-state index >= 15 is 0 Å². The van der Waals surface area contributed by atoms with Gasteiger partial charge in [0.25, 0.3) is 0 Å². The lowest BCUT2D eigenvalue weighted by atomic mass is 9.99. The second-order valence-electron chi connectivity index (χ2n) is 11.7. The van der Waals surface area contributed by atoms with Crippen LogP contribution in [0.1, 0.15) is 86.0 Å². The summed E-state index contributed by atoms with van der Waals surface area (Å²) in [6, 6.07) is -5.59. The molecular formula is C28H55N7O7. The average Bonchev–Trinajstić information content (AvgIpc) is 2.89. The van der Waals surface area contributed by atoms with Gasteiger partial charge in [0.05, 0.1) is 12.1 Å². The lowest BCUT2D eigenvalue weighted by Crippen LogP contribution is -2.60. The average molecular weight is 602 g/mol. The smallest absolute Gasteiger partial charge is 0.326 e. The van der Waals surface area contributed by atoms with E-state index < -0.39 is 65.9 Å². The van der Waals surface area contributed by atoms with E-state index in [-0.39, 0.29) is 31.1 Å². The van der Waals surface area contributed by atoms with Crippen LogP contribution in [0.25, 0.3) is 0 Å². The first-order chi connectivity index (χ1) is 19.6. The fourth-order valence-electron chi connectivity index (χ4n) is 4.27. The Morgan fingerprint density at radius 2 is 1.07 bits per heavy atom. The number of hydrogen-bond acceptors (Lipinski definition) is 9. The fourth-order valence-corrected chi connectivity index (χ4v) is 4.27. The highest BCUT2D eigenvalue weighted by Crippen LogP contribution is 2.11. The lowest BCUT2D eigenvalue weighted by molar-refractivity contribution is -0.143. The molecule has 0 rings (SSSR count). The third kappa shape index (κ3) is 16.0. The molecule has 12 N–H and O–H groups in total. The third-order valence-electron chi connectivity index (χ3n) is 6.61. The van der Waals surface area contributed by atoms with Gasteiger partial charge in [-0.15, -0.1) is 0 Å². The van der Waals surface area contributed by atoms with Crippen LogP contribution < -0.4 is 38.5 Å². The van der Waals surface area contributed by atoms with Crippen LogP contribution in [0, 0.1) is 11.8 Å². The summed E-state index contributed by atoms with van der Waals surface area (Å²) in [6.45, 7) is 9.52. The van der Waals surface area contributed by atoms with Gasteiger partial charge >= 0.3 is 5.97 Å². The van der Waals surface area contributed by atoms with Gasteiger partial charge in [-0.25, -0.2) is 4.79 Å². The highest BCUT2D eigenvalue weighted by atomic mass is 16.4. The van der Waals surface area contributed by atoms with Crippen molar-refractivity contribution in [3.05, 3.63) is 0 Å². The van der Waals surface area contributed by atoms with E-state index in [9.17, 15) is 34.2 Å². The van der Waals surface area contributed by atoms with Crippen molar-refractivity contribution in [2.75, 3.05) is 13.1 Å². The molecule has 4 amide bonds. The molecule has 244 valence electrons. The maximum absolute atomic E-state index is 13.4. The first-order valence-corrected chi connectivity index (χ1v) is 14.9. The maximum Gasteiger partial charge on any atom is 0.326 e. The molecule has 0 fully saturated rings. The van der Waals surface area contributed by atoms with Gasteiger partial charge in [0.1, 0.15) is 24.2 Å². The minimum Gasteiger partial charge on any atom is -0.480 e. The molecule has 6 atom stereocenters. The molecule has 42 heavy (non-hydrogen) atoms. The largest absolute Gasteiger partial charge is 0.480 e. The van der Waals surface area contributed by atoms with Crippen molar-refractivity contribution in [2.45, 2.75) is 122 Å². The van der Waals surface area contributed by atoms with Crippen LogP contribution in [0.3, 0.4) is 0 Å². The highest BCUT2D eigenvalue weighted by molar-refractivity contribution is 5.95. The molecule has 0 spiro atoms. The molecule has 0 aromatic rings. The summed E-state index contributed by atoms with van der Waals surface area (Å²) in [7, 11) is 0. The Morgan fingerprint density at radius 3 is 1.55 bits per heavy atom. The first-order valence-electron chi connectivity index (χ1n) is 14.9. The number of unbranched alkanes of at least 4 members (excludes halogenated alkanes) is 2. The van der Waals surface area contributed by atoms with Crippen LogP contribution in [-0.2, 0) is 24.0 Å². The monoisotopic (exact) mass is 601 g/mol. The lowest BCUT2D eigenvalue weighted by Gasteiger charge is -2.28. The van der Waals surface area contributed by atoms with Gasteiger partial charge in [0.2, 0.25) is 23.6 Å². The minimum absolute atomic E-state index is 0.00882. The number of carbonyl (C=O) groups excluding carboxylic acids is 4. The number of aliphatic carboxylic acids is 1. The summed E-state index contributed by atoms with van der Waals surface area (Å²) in [4.78, 5) is 64.0. The third-order valence-corrected chi connectivity index (χ3v) is 6.61. The standard InChI is InChI=1S/C28H55N7O7/c1-16(2)14-21(26(39)34-22(28(41)42)15-17(3)4)33-25(38)20(11-7-9-13-30)32-27(40)23(18(5)36)35-24(37)19(31)10-6-8-12-29/h16-23,36H,6-15,29-31H2,1-5H3,(H,32,40)(H,33,38)(H,34,39)(H,35,37)(H,41,42)/t18-,19+,20+,21+,22+,23+/m1/s1. The van der Waals surface area contributed by atoms with Crippen molar-refractivity contribution in [2.24, 2.45) is 29.0 Å². The zero-order chi connectivity index (χ0) is 32.4. The summed E-state index contributed by atoms with van der Waals surface area (Å²) >= 11 is 0. The van der Waals surface area contributed by atoms with Crippen LogP contribution in [0.4, 0.5) is 0 Å². The fraction of sp³-hybridized carbons (Fsp3) is 0.821. The molecule has 0 saturated heterocycles. The second kappa shape index (κ2) is 21.0. The van der Waals surface area contributed by atoms with Crippen LogP contribution in [0.5, 0.6) is 0 Å². The van der Waals surface area contributed by atoms with Gasteiger partial charge in [0, 0.05) is 0 Å². The molecule has 0 unspecified atom stereocenters. The number of carboxylic acids is 1. The summed E-state index contributed by atoms with van der Waals surface area (Å²) in [5.74, 6) is -3.92. The molecule has 0 aromatic carbocycles. The van der Waals surface area contributed by atoms with Crippen LogP contribution in [0.15, 0.2) is 0 Å². The van der Waals surface area contributed by atoms with E-state index in [1.54, 1.807) is 0 Å². The van der Waals surface area contributed by atoms with Gasteiger partial charge < -0.3 is 48.7 Å². The van der Waals surface area contributed by atoms with Gasteiger partial charge in [-0.3, -0.25) is 19.2 Å². The number of nitrogens with two attached hydrogens (primary N) is 3. The molecule has 0 radical (unpaired) electrons. The number of aliphatic hydroxyl groups excluding tert-OH is 1. The second-order valence-corrected chi connectivity index (χ2v) is 11.7. The molecule has 0 aliphatic carbocycles. The molecule has 0 heterocycles. The number of amides is 4. The van der Waals surface area contributed by atoms with E-state index in [1.807, 2.05) is 27.7 Å². The van der Waals surface area contributed by atoms with Gasteiger partial charge in [-0.2, -0.15) is 0 Å². The number of aliphatic hydroxyl groups is 1. The summed E-state index contributed by atoms with van der Waals surface area (Å²) < 4.78 is 0. The Kier molecular flexibility index (Phi) is 19.6. The Balaban J connectivity index is 5.77. The van der Waals surface area contributed by atoms with Crippen LogP contribution in [0.2, 0.25) is 0 Å². The Labute approximate surface area is 249 Å². The molecule has 0 aliphatic heterocycles. The van der Waals surface area contributed by atoms with Crippen molar-refractivity contribution >= 4 is 29.6 Å². The predicted octanol–water partition coefficient (Wildman–Crippen LogP) is -0.931. The van der Waals surface area contributed by atoms with Crippen molar-refractivity contribution in [3.63, 3.8) is 0 Å². The van der Waals surface area contributed by atoms with Crippen molar-refractivity contribution in [1.82, 2.24) is 21.3 Å². The van der Waals surface area contributed by atoms with E-state index in [0.29, 0.717) is 45.2 Å². The summed E-state index contributed by atoms with van der Waals surface area (Å²) in [5, 5.41) is 30.0. The molecule has 0 saturated carbocycles. The van der Waals surface area contributed by atoms with Crippen molar-refractivity contribution < 1.29 is 34.2 Å². The van der Waals surface area contributed by atoms with E-state index in [4.69, 9.17) is 17.2 Å². The van der Waals surface area contributed by atoms with E-state index in [1.165, 1.54) is 6.92 Å². The zero-order valence-corrected chi connectivity index (χ0v) is 25.9. The Hall–Kier alpha value is -2.81. The number of hydrogen-bond donors (Lipinski definition) is 9. The van der Waals surface area contributed by atoms with Gasteiger partial charge in [-0.05, 0) is 76.8 Å². The quantitative estimate of drug-likeness (QED) is 0.0689. The van der Waals surface area contributed by atoms with Crippen LogP contribution >= 0.6 is 0 Å². The van der Waals surface area contributed by atoms with Gasteiger partial charge in [-0.1, -0.05) is 34.1 Å². The number of carbonyl (C=O) groups is 5. The zero-order valence-electron chi connectivity index (χ0n) is 25.9. The maximum atomic E-state index is 13.4. The Morgan fingerprint density at radius 1 is 0.619 bits per heavy atom. The van der Waals surface area contributed by atoms with Crippen molar-refractivity contribution in [3.8, 4) is 0 Å². The molecule has 14 heteroatoms. The topological polar surface area (TPSA) is 252 Å². The number of carboxylic acid groups (broad SMARTS) is 1. The highest BCUT2D eigenvalue weighted by Gasteiger charge is 2.33. The number of rotatable bonds is 22. The van der Waals surface area contributed by atoms with Gasteiger partial charge in [0.15, 0.2) is 0 Å². The normalized spacial score (nSPS) is 15.7. The van der Waals surface area contributed by atoms with E-state index in [2.05, 4.69) is 21.3 Å². The number of nitrogens with one attached hydrogen (secondary N) is 4. The summed E-state index contributed by atoms with van der Waals surface area (Å²) in [5.41, 5.74) is 17.0. The Bertz CT molecular complexity index is 854. The van der Waals surface area contributed by atoms with Crippen molar-refractivity contribution in [1.29, 1.82) is 0 Å². The molecule has 14 nitrogen and oxygen atoms in total. The minimum atomic E-state index is -1.38. The summed E-state index contributed by atoms with van der Waals surface area (Å²) in [6.07, 6.45) is 2.01. The first kappa shape index (κ1) is 39.2. The molecule has 0 aliphatic rings. The molecular weight excluding hydrogens is 546 g/mol. The van der Waals surface area contributed by atoms with E-state index in [0.717, 1.165) is 0 Å². The molecule has 0 bridgehead atoms. The SMILES string of the molecule is CC(C)C[C@H](NC(=O)[C@H](CC(C)C)NC(=O)[C@H](CCCCN)NC(=O)[C@@H](NC(=O)[C@@H](N)CCCCN)[C@@H](C)O)C(=O)O. The molecule has 0 aromatic heterocycles. The van der Waals surface area contributed by atoms with Crippen LogP contribution in [-0.4, -0.2) is 89.2 Å². The predicted molar refractivity (Wildman–Crippen MR) is 160 cm³/mol.